The quantitative estimate of drug-likeness (QED) is 0.818. The number of hydrogen-bond donors (Lipinski definition) is 2. The first-order valence-electron chi connectivity index (χ1n) is 9.36. The summed E-state index contributed by atoms with van der Waals surface area (Å²) in [6.45, 7) is 4.07. The van der Waals surface area contributed by atoms with Crippen molar-refractivity contribution in [3.8, 4) is 5.75 Å². The number of benzene rings is 1. The Bertz CT molecular complexity index is 715. The van der Waals surface area contributed by atoms with Crippen LogP contribution in [-0.2, 0) is 6.42 Å². The van der Waals surface area contributed by atoms with Crippen molar-refractivity contribution in [2.24, 2.45) is 0 Å². The Morgan fingerprint density at radius 1 is 1.26 bits per heavy atom. The van der Waals surface area contributed by atoms with Gasteiger partial charge in [-0.05, 0) is 51.1 Å². The Morgan fingerprint density at radius 3 is 2.67 bits per heavy atom. The highest BCUT2D eigenvalue weighted by Crippen LogP contribution is 2.20. The number of piperidine rings is 1. The number of nitrogens with zero attached hydrogens (tertiary/aromatic N) is 3. The van der Waals surface area contributed by atoms with E-state index in [1.165, 1.54) is 0 Å². The van der Waals surface area contributed by atoms with Crippen LogP contribution in [0.1, 0.15) is 25.5 Å². The molecule has 1 aromatic carbocycles. The van der Waals surface area contributed by atoms with Gasteiger partial charge in [-0.25, -0.2) is 4.79 Å². The molecule has 0 aliphatic carbocycles. The fourth-order valence-corrected chi connectivity index (χ4v) is 3.10. The number of nitrogens with one attached hydrogen (secondary N) is 2. The van der Waals surface area contributed by atoms with E-state index in [1.807, 2.05) is 31.2 Å². The third-order valence-electron chi connectivity index (χ3n) is 4.59. The molecule has 1 saturated heterocycles. The highest BCUT2D eigenvalue weighted by molar-refractivity contribution is 5.89. The van der Waals surface area contributed by atoms with E-state index < -0.39 is 0 Å². The van der Waals surface area contributed by atoms with Crippen LogP contribution in [0.15, 0.2) is 42.9 Å². The van der Waals surface area contributed by atoms with Gasteiger partial charge in [-0.3, -0.25) is 9.97 Å². The van der Waals surface area contributed by atoms with Gasteiger partial charge in [0.15, 0.2) is 0 Å². The smallest absolute Gasteiger partial charge is 0.319 e. The zero-order valence-electron chi connectivity index (χ0n) is 15.9. The maximum Gasteiger partial charge on any atom is 0.319 e. The molecule has 1 aliphatic heterocycles. The molecule has 144 valence electrons. The Labute approximate surface area is 160 Å². The zero-order valence-corrected chi connectivity index (χ0v) is 15.9. The fraction of sp³-hybridized carbons (Fsp3) is 0.450. The summed E-state index contributed by atoms with van der Waals surface area (Å²) < 4.78 is 6.03. The van der Waals surface area contributed by atoms with E-state index in [9.17, 15) is 4.79 Å². The van der Waals surface area contributed by atoms with Gasteiger partial charge < -0.3 is 20.3 Å². The van der Waals surface area contributed by atoms with Crippen molar-refractivity contribution < 1.29 is 9.53 Å². The molecular formula is C20H27N5O2. The van der Waals surface area contributed by atoms with Crippen molar-refractivity contribution in [2.45, 2.75) is 38.3 Å². The summed E-state index contributed by atoms with van der Waals surface area (Å²) in [4.78, 5) is 22.7. The molecule has 0 spiro atoms. The molecule has 7 nitrogen and oxygen atoms in total. The fourth-order valence-electron chi connectivity index (χ4n) is 3.10. The van der Waals surface area contributed by atoms with E-state index in [4.69, 9.17) is 4.74 Å². The molecule has 0 radical (unpaired) electrons. The summed E-state index contributed by atoms with van der Waals surface area (Å²) in [5, 5.41) is 5.75. The Kier molecular flexibility index (Phi) is 6.59. The second-order valence-electron chi connectivity index (χ2n) is 7.05. The van der Waals surface area contributed by atoms with Crippen LogP contribution in [0.2, 0.25) is 0 Å². The lowest BCUT2D eigenvalue weighted by Crippen LogP contribution is -2.37. The molecule has 2 heterocycles. The molecule has 1 unspecified atom stereocenters. The number of rotatable bonds is 6. The maximum atomic E-state index is 12.2. The molecule has 27 heavy (non-hydrogen) atoms. The number of aromatic nitrogens is 2. The van der Waals surface area contributed by atoms with Gasteiger partial charge >= 0.3 is 6.03 Å². The van der Waals surface area contributed by atoms with Crippen molar-refractivity contribution >= 4 is 11.7 Å². The Morgan fingerprint density at radius 2 is 2.00 bits per heavy atom. The van der Waals surface area contributed by atoms with E-state index in [1.54, 1.807) is 18.6 Å². The van der Waals surface area contributed by atoms with Crippen LogP contribution in [0.5, 0.6) is 5.75 Å². The Hall–Kier alpha value is -2.67. The van der Waals surface area contributed by atoms with Crippen LogP contribution >= 0.6 is 0 Å². The van der Waals surface area contributed by atoms with Crippen molar-refractivity contribution in [1.29, 1.82) is 0 Å². The molecule has 1 atom stereocenters. The number of ether oxygens (including phenoxy) is 1. The predicted molar refractivity (Wildman–Crippen MR) is 105 cm³/mol. The van der Waals surface area contributed by atoms with Gasteiger partial charge in [-0.2, -0.15) is 0 Å². The standard InChI is InChI=1S/C20H27N5O2/c1-15(13-17-14-21-9-10-22-17)23-20(26)24-16-3-5-18(6-4-16)27-19-7-11-25(2)12-8-19/h3-6,9-10,14-15,19H,7-8,11-13H2,1-2H3,(H2,23,24,26). The van der Waals surface area contributed by atoms with Crippen molar-refractivity contribution in [1.82, 2.24) is 20.2 Å². The third kappa shape index (κ3) is 6.21. The first-order chi connectivity index (χ1) is 13.1. The minimum absolute atomic E-state index is 0.0475. The van der Waals surface area contributed by atoms with Gasteiger partial charge in [0.05, 0.1) is 5.69 Å². The third-order valence-corrected chi connectivity index (χ3v) is 4.59. The van der Waals surface area contributed by atoms with Crippen LogP contribution in [0, 0.1) is 0 Å². The molecule has 1 fully saturated rings. The molecule has 2 aromatic rings. The largest absolute Gasteiger partial charge is 0.490 e. The van der Waals surface area contributed by atoms with Gasteiger partial charge in [0.1, 0.15) is 11.9 Å². The second kappa shape index (κ2) is 9.32. The first-order valence-corrected chi connectivity index (χ1v) is 9.36. The molecule has 0 saturated carbocycles. The molecule has 3 rings (SSSR count). The Balaban J connectivity index is 1.44. The summed E-state index contributed by atoms with van der Waals surface area (Å²) in [6.07, 6.45) is 7.98. The number of carbonyl (C=O) groups excluding carboxylic acids is 1. The summed E-state index contributed by atoms with van der Waals surface area (Å²) >= 11 is 0. The monoisotopic (exact) mass is 369 g/mol. The predicted octanol–water partition coefficient (Wildman–Crippen LogP) is 2.70. The molecule has 0 bridgehead atoms. The van der Waals surface area contributed by atoms with Crippen molar-refractivity contribution in [2.75, 3.05) is 25.5 Å². The zero-order chi connectivity index (χ0) is 19.1. The molecule has 1 aliphatic rings. The first kappa shape index (κ1) is 19.1. The minimum atomic E-state index is -0.240. The van der Waals surface area contributed by atoms with E-state index >= 15 is 0 Å². The lowest BCUT2D eigenvalue weighted by atomic mass is 10.1. The van der Waals surface area contributed by atoms with Gasteiger partial charge in [-0.15, -0.1) is 0 Å². The summed E-state index contributed by atoms with van der Waals surface area (Å²) in [6, 6.07) is 7.23. The lowest BCUT2D eigenvalue weighted by molar-refractivity contribution is 0.114. The molecular weight excluding hydrogens is 342 g/mol. The van der Waals surface area contributed by atoms with Crippen LogP contribution in [0.3, 0.4) is 0 Å². The molecule has 7 heteroatoms. The summed E-state index contributed by atoms with van der Waals surface area (Å²) in [5.74, 6) is 0.839. The van der Waals surface area contributed by atoms with Gasteiger partial charge in [0.2, 0.25) is 0 Å². The average Bonchev–Trinajstić information content (AvgIpc) is 2.66. The van der Waals surface area contributed by atoms with Crippen molar-refractivity contribution in [3.05, 3.63) is 48.5 Å². The van der Waals surface area contributed by atoms with E-state index in [0.29, 0.717) is 6.42 Å². The van der Waals surface area contributed by atoms with Crippen LogP contribution in [-0.4, -0.2) is 53.2 Å². The van der Waals surface area contributed by atoms with Crippen LogP contribution < -0.4 is 15.4 Å². The van der Waals surface area contributed by atoms with E-state index in [-0.39, 0.29) is 18.2 Å². The van der Waals surface area contributed by atoms with Gasteiger partial charge in [-0.1, -0.05) is 0 Å². The van der Waals surface area contributed by atoms with Crippen LogP contribution in [0.4, 0.5) is 10.5 Å². The number of likely N-dealkylation sites (tertiary alicyclic amines) is 1. The number of carbonyl (C=O) groups is 1. The maximum absolute atomic E-state index is 12.2. The van der Waals surface area contributed by atoms with E-state index in [2.05, 4.69) is 32.5 Å². The number of anilines is 1. The summed E-state index contributed by atoms with van der Waals surface area (Å²) in [7, 11) is 2.13. The molecule has 2 amide bonds. The van der Waals surface area contributed by atoms with Crippen LogP contribution in [0.25, 0.3) is 0 Å². The van der Waals surface area contributed by atoms with Gasteiger partial charge in [0.25, 0.3) is 0 Å². The SMILES string of the molecule is CC(Cc1cnccn1)NC(=O)Nc1ccc(OC2CCN(C)CC2)cc1. The number of hydrogen-bond acceptors (Lipinski definition) is 5. The summed E-state index contributed by atoms with van der Waals surface area (Å²) in [5.41, 5.74) is 1.58. The second-order valence-corrected chi connectivity index (χ2v) is 7.05. The lowest BCUT2D eigenvalue weighted by Gasteiger charge is -2.29. The highest BCUT2D eigenvalue weighted by atomic mass is 16.5. The minimum Gasteiger partial charge on any atom is -0.490 e. The normalized spacial score (nSPS) is 16.5. The highest BCUT2D eigenvalue weighted by Gasteiger charge is 2.18. The van der Waals surface area contributed by atoms with Gasteiger partial charge in [0, 0.05) is 49.8 Å². The number of amides is 2. The van der Waals surface area contributed by atoms with Crippen molar-refractivity contribution in [3.63, 3.8) is 0 Å². The average molecular weight is 369 g/mol. The number of urea groups is 1. The molecule has 1 aromatic heterocycles. The molecule has 2 N–H and O–H groups in total. The topological polar surface area (TPSA) is 79.4 Å². The van der Waals surface area contributed by atoms with E-state index in [0.717, 1.165) is 43.1 Å².